The molecule has 1 aliphatic rings. The Hall–Kier alpha value is -0.760. The van der Waals surface area contributed by atoms with Crippen molar-refractivity contribution < 1.29 is 4.42 Å². The van der Waals surface area contributed by atoms with Crippen LogP contribution in [0.15, 0.2) is 10.5 Å². The van der Waals surface area contributed by atoms with Gasteiger partial charge in [0.05, 0.1) is 6.54 Å². The molecule has 0 saturated heterocycles. The maximum absolute atomic E-state index is 5.78. The topological polar surface area (TPSA) is 16.4 Å². The SMILES string of the molecule is CCCc1cc2c(o1)CN(C)CC2. The van der Waals surface area contributed by atoms with Gasteiger partial charge >= 0.3 is 0 Å². The predicted molar refractivity (Wildman–Crippen MR) is 52.7 cm³/mol. The summed E-state index contributed by atoms with van der Waals surface area (Å²) in [7, 11) is 2.14. The van der Waals surface area contributed by atoms with Crippen LogP contribution >= 0.6 is 0 Å². The van der Waals surface area contributed by atoms with E-state index in [4.69, 9.17) is 4.42 Å². The molecule has 0 N–H and O–H groups in total. The molecule has 0 atom stereocenters. The standard InChI is InChI=1S/C11H17NO/c1-3-4-10-7-9-5-6-12(2)8-11(9)13-10/h7H,3-6,8H2,1-2H3. The average Bonchev–Trinajstić information content (AvgIpc) is 2.46. The van der Waals surface area contributed by atoms with Gasteiger partial charge in [0.15, 0.2) is 0 Å². The van der Waals surface area contributed by atoms with Gasteiger partial charge in [-0.15, -0.1) is 0 Å². The fourth-order valence-corrected chi connectivity index (χ4v) is 1.88. The molecule has 0 saturated carbocycles. The minimum atomic E-state index is 0.985. The number of furan rings is 1. The second-order valence-electron chi connectivity index (χ2n) is 3.90. The van der Waals surface area contributed by atoms with Crippen LogP contribution in [-0.4, -0.2) is 18.5 Å². The van der Waals surface area contributed by atoms with E-state index in [1.807, 2.05) is 0 Å². The third-order valence-electron chi connectivity index (χ3n) is 2.62. The largest absolute Gasteiger partial charge is 0.464 e. The molecule has 13 heavy (non-hydrogen) atoms. The summed E-state index contributed by atoms with van der Waals surface area (Å²) in [6.07, 6.45) is 3.40. The van der Waals surface area contributed by atoms with Crippen LogP contribution in [0.25, 0.3) is 0 Å². The maximum atomic E-state index is 5.78. The van der Waals surface area contributed by atoms with E-state index in [2.05, 4.69) is 24.9 Å². The third kappa shape index (κ3) is 1.78. The zero-order chi connectivity index (χ0) is 9.26. The minimum absolute atomic E-state index is 0.985. The molecule has 1 aliphatic heterocycles. The van der Waals surface area contributed by atoms with Crippen LogP contribution in [0.5, 0.6) is 0 Å². The molecular weight excluding hydrogens is 162 g/mol. The highest BCUT2D eigenvalue weighted by Gasteiger charge is 2.17. The molecular formula is C11H17NO. The molecule has 0 radical (unpaired) electrons. The van der Waals surface area contributed by atoms with Gasteiger partial charge < -0.3 is 4.42 Å². The molecule has 2 heteroatoms. The van der Waals surface area contributed by atoms with Gasteiger partial charge in [-0.2, -0.15) is 0 Å². The van der Waals surface area contributed by atoms with Crippen molar-refractivity contribution in [3.63, 3.8) is 0 Å². The number of aryl methyl sites for hydroxylation is 1. The van der Waals surface area contributed by atoms with Crippen LogP contribution in [0.2, 0.25) is 0 Å². The summed E-state index contributed by atoms with van der Waals surface area (Å²) in [6.45, 7) is 4.34. The predicted octanol–water partition coefficient (Wildman–Crippen LogP) is 2.22. The highest BCUT2D eigenvalue weighted by molar-refractivity contribution is 5.24. The number of hydrogen-bond donors (Lipinski definition) is 0. The van der Waals surface area contributed by atoms with Crippen LogP contribution < -0.4 is 0 Å². The molecule has 0 bridgehead atoms. The zero-order valence-electron chi connectivity index (χ0n) is 8.47. The van der Waals surface area contributed by atoms with Crippen LogP contribution in [-0.2, 0) is 19.4 Å². The number of hydrogen-bond acceptors (Lipinski definition) is 2. The molecule has 0 spiro atoms. The lowest BCUT2D eigenvalue weighted by Crippen LogP contribution is -2.25. The van der Waals surface area contributed by atoms with E-state index in [0.717, 1.165) is 25.9 Å². The summed E-state index contributed by atoms with van der Waals surface area (Å²) in [6, 6.07) is 2.24. The summed E-state index contributed by atoms with van der Waals surface area (Å²) in [5.74, 6) is 2.36. The van der Waals surface area contributed by atoms with Crippen molar-refractivity contribution >= 4 is 0 Å². The first-order chi connectivity index (χ1) is 6.29. The summed E-state index contributed by atoms with van der Waals surface area (Å²) in [4.78, 5) is 2.31. The molecule has 0 aliphatic carbocycles. The number of fused-ring (bicyclic) bond motifs is 1. The van der Waals surface area contributed by atoms with Gasteiger partial charge in [-0.25, -0.2) is 0 Å². The summed E-state index contributed by atoms with van der Waals surface area (Å²) >= 11 is 0. The Morgan fingerprint density at radius 1 is 1.54 bits per heavy atom. The van der Waals surface area contributed by atoms with Crippen LogP contribution in [0.4, 0.5) is 0 Å². The molecule has 72 valence electrons. The number of nitrogens with zero attached hydrogens (tertiary/aromatic N) is 1. The molecule has 0 fully saturated rings. The second-order valence-corrected chi connectivity index (χ2v) is 3.90. The molecule has 0 unspecified atom stereocenters. The third-order valence-corrected chi connectivity index (χ3v) is 2.62. The molecule has 2 rings (SSSR count). The van der Waals surface area contributed by atoms with Crippen molar-refractivity contribution in [1.29, 1.82) is 0 Å². The van der Waals surface area contributed by atoms with Gasteiger partial charge in [0, 0.05) is 13.0 Å². The van der Waals surface area contributed by atoms with E-state index in [1.54, 1.807) is 0 Å². The Balaban J connectivity index is 2.18. The van der Waals surface area contributed by atoms with E-state index in [9.17, 15) is 0 Å². The first kappa shape index (κ1) is 8.82. The fourth-order valence-electron chi connectivity index (χ4n) is 1.88. The van der Waals surface area contributed by atoms with Crippen molar-refractivity contribution in [3.8, 4) is 0 Å². The Kier molecular flexibility index (Phi) is 2.40. The van der Waals surface area contributed by atoms with Gasteiger partial charge in [0.2, 0.25) is 0 Å². The lowest BCUT2D eigenvalue weighted by atomic mass is 10.1. The minimum Gasteiger partial charge on any atom is -0.464 e. The van der Waals surface area contributed by atoms with Gasteiger partial charge in [-0.05, 0) is 31.5 Å². The Morgan fingerprint density at radius 3 is 3.15 bits per heavy atom. The van der Waals surface area contributed by atoms with E-state index in [0.29, 0.717) is 0 Å². The smallest absolute Gasteiger partial charge is 0.121 e. The van der Waals surface area contributed by atoms with E-state index >= 15 is 0 Å². The molecule has 2 heterocycles. The fraction of sp³-hybridized carbons (Fsp3) is 0.636. The molecule has 0 aromatic carbocycles. The Labute approximate surface area is 79.5 Å². The molecule has 1 aromatic rings. The zero-order valence-corrected chi connectivity index (χ0v) is 8.47. The monoisotopic (exact) mass is 179 g/mol. The highest BCUT2D eigenvalue weighted by atomic mass is 16.3. The van der Waals surface area contributed by atoms with E-state index in [1.165, 1.54) is 23.5 Å². The van der Waals surface area contributed by atoms with Gasteiger partial charge in [0.1, 0.15) is 11.5 Å². The second kappa shape index (κ2) is 3.54. The summed E-state index contributed by atoms with van der Waals surface area (Å²) < 4.78 is 5.78. The van der Waals surface area contributed by atoms with Crippen molar-refractivity contribution in [2.75, 3.05) is 13.6 Å². The van der Waals surface area contributed by atoms with E-state index < -0.39 is 0 Å². The van der Waals surface area contributed by atoms with Crippen molar-refractivity contribution in [3.05, 3.63) is 23.2 Å². The number of likely N-dealkylation sites (N-methyl/N-ethyl adjacent to an activating group) is 1. The number of rotatable bonds is 2. The normalized spacial score (nSPS) is 17.4. The quantitative estimate of drug-likeness (QED) is 0.692. The van der Waals surface area contributed by atoms with Crippen molar-refractivity contribution in [2.45, 2.75) is 32.7 Å². The maximum Gasteiger partial charge on any atom is 0.121 e. The highest BCUT2D eigenvalue weighted by Crippen LogP contribution is 2.22. The van der Waals surface area contributed by atoms with Gasteiger partial charge in [0.25, 0.3) is 0 Å². The van der Waals surface area contributed by atoms with Crippen LogP contribution in [0.3, 0.4) is 0 Å². The van der Waals surface area contributed by atoms with Gasteiger partial charge in [-0.1, -0.05) is 6.92 Å². The first-order valence-corrected chi connectivity index (χ1v) is 5.08. The van der Waals surface area contributed by atoms with Crippen LogP contribution in [0, 0.1) is 0 Å². The van der Waals surface area contributed by atoms with E-state index in [-0.39, 0.29) is 0 Å². The molecule has 2 nitrogen and oxygen atoms in total. The molecule has 1 aromatic heterocycles. The van der Waals surface area contributed by atoms with Crippen molar-refractivity contribution in [2.24, 2.45) is 0 Å². The molecule has 0 amide bonds. The van der Waals surface area contributed by atoms with Crippen LogP contribution in [0.1, 0.15) is 30.4 Å². The van der Waals surface area contributed by atoms with Gasteiger partial charge in [-0.3, -0.25) is 4.90 Å². The average molecular weight is 179 g/mol. The Morgan fingerprint density at radius 2 is 2.38 bits per heavy atom. The van der Waals surface area contributed by atoms with Crippen molar-refractivity contribution in [1.82, 2.24) is 4.90 Å². The lowest BCUT2D eigenvalue weighted by Gasteiger charge is -2.20. The summed E-state index contributed by atoms with van der Waals surface area (Å²) in [5, 5.41) is 0. The lowest BCUT2D eigenvalue weighted by molar-refractivity contribution is 0.273. The summed E-state index contributed by atoms with van der Waals surface area (Å²) in [5.41, 5.74) is 1.43. The first-order valence-electron chi connectivity index (χ1n) is 5.08. The Bertz CT molecular complexity index is 290.